The van der Waals surface area contributed by atoms with Gasteiger partial charge >= 0.3 is 5.97 Å². The highest BCUT2D eigenvalue weighted by molar-refractivity contribution is 6.21. The summed E-state index contributed by atoms with van der Waals surface area (Å²) < 4.78 is 16.6. The minimum absolute atomic E-state index is 0.0324. The van der Waals surface area contributed by atoms with Crippen molar-refractivity contribution >= 4 is 35.5 Å². The molecule has 0 unspecified atom stereocenters. The van der Waals surface area contributed by atoms with E-state index in [2.05, 4.69) is 15.4 Å². The Morgan fingerprint density at radius 1 is 1.43 bits per heavy atom. The van der Waals surface area contributed by atoms with E-state index in [9.17, 15) is 9.90 Å². The molecule has 158 valence electrons. The molecule has 4 rings (SSSR count). The first kappa shape index (κ1) is 20.1. The minimum atomic E-state index is -0.645. The molecule has 2 aliphatic rings. The second-order valence-electron chi connectivity index (χ2n) is 7.09. The fourth-order valence-corrected chi connectivity index (χ4v) is 3.13. The molecule has 0 amide bonds. The molecule has 2 aromatic heterocycles. The van der Waals surface area contributed by atoms with Crippen LogP contribution in [-0.4, -0.2) is 59.7 Å². The molecule has 9 heteroatoms. The van der Waals surface area contributed by atoms with Gasteiger partial charge in [0.05, 0.1) is 19.3 Å². The molecule has 1 atom stereocenters. The van der Waals surface area contributed by atoms with Crippen molar-refractivity contribution < 1.29 is 23.8 Å². The highest BCUT2D eigenvalue weighted by atomic mass is 16.5. The van der Waals surface area contributed by atoms with Gasteiger partial charge in [-0.1, -0.05) is 6.92 Å². The van der Waals surface area contributed by atoms with E-state index in [1.807, 2.05) is 24.1 Å². The van der Waals surface area contributed by atoms with Gasteiger partial charge in [-0.05, 0) is 31.6 Å². The summed E-state index contributed by atoms with van der Waals surface area (Å²) >= 11 is 0. The van der Waals surface area contributed by atoms with Gasteiger partial charge in [0.1, 0.15) is 0 Å². The first-order chi connectivity index (χ1) is 14.6. The Kier molecular flexibility index (Phi) is 5.82. The lowest BCUT2D eigenvalue weighted by atomic mass is 10.1. The van der Waals surface area contributed by atoms with Crippen LogP contribution in [0.3, 0.4) is 0 Å². The molecule has 9 nitrogen and oxygen atoms in total. The Hall–Kier alpha value is -3.17. The number of anilines is 1. The van der Waals surface area contributed by atoms with E-state index in [4.69, 9.17) is 13.9 Å². The normalized spacial score (nSPS) is 18.4. The predicted molar refractivity (Wildman–Crippen MR) is 112 cm³/mol. The van der Waals surface area contributed by atoms with Gasteiger partial charge in [-0.2, -0.15) is 0 Å². The first-order valence-electron chi connectivity index (χ1n) is 9.94. The lowest BCUT2D eigenvalue weighted by molar-refractivity contribution is 0.0329. The van der Waals surface area contributed by atoms with Crippen LogP contribution in [0.15, 0.2) is 27.7 Å². The number of hydrazine groups is 1. The fraction of sp³-hybridized carbons (Fsp3) is 0.381. The number of rotatable bonds is 6. The van der Waals surface area contributed by atoms with Crippen molar-refractivity contribution in [2.75, 3.05) is 31.7 Å². The Balaban J connectivity index is 1.69. The standard InChI is InChI=1S/C21H24N4O5/c1-3-13(2)29-21(27)17-18(26)16(30-20(17)24-25-7-9-28-10-8-25)11-14-12-23-19-15(14)5-4-6-22-19/h4-6,11-13,24,26H,3,7-10H2,1-2H3/t13-/m0/s1. The molecular formula is C21H24N4O5. The number of carbonyl (C=O) groups excluding carboxylic acids is 1. The van der Waals surface area contributed by atoms with E-state index < -0.39 is 5.97 Å². The second kappa shape index (κ2) is 8.68. The van der Waals surface area contributed by atoms with Crippen LogP contribution < -0.4 is 5.43 Å². The average molecular weight is 412 g/mol. The summed E-state index contributed by atoms with van der Waals surface area (Å²) in [6.07, 6.45) is 5.32. The van der Waals surface area contributed by atoms with Crippen LogP contribution in [0, 0.1) is 0 Å². The maximum Gasteiger partial charge on any atom is 0.347 e. The molecule has 4 heterocycles. The first-order valence-corrected chi connectivity index (χ1v) is 9.94. The molecule has 30 heavy (non-hydrogen) atoms. The van der Waals surface area contributed by atoms with Crippen LogP contribution in [-0.2, 0) is 9.47 Å². The zero-order valence-corrected chi connectivity index (χ0v) is 16.9. The zero-order valence-electron chi connectivity index (χ0n) is 16.9. The van der Waals surface area contributed by atoms with Crippen LogP contribution in [0.5, 0.6) is 5.75 Å². The van der Waals surface area contributed by atoms with Gasteiger partial charge in [-0.3, -0.25) is 5.43 Å². The van der Waals surface area contributed by atoms with E-state index >= 15 is 0 Å². The number of pyridine rings is 1. The summed E-state index contributed by atoms with van der Waals surface area (Å²) in [4.78, 5) is 21.2. The summed E-state index contributed by atoms with van der Waals surface area (Å²) in [5.74, 6) is -0.0563. The molecule has 0 radical (unpaired) electrons. The Bertz CT molecular complexity index is 991. The summed E-state index contributed by atoms with van der Waals surface area (Å²) in [6, 6.07) is 3.69. The van der Waals surface area contributed by atoms with Crippen LogP contribution in [0.2, 0.25) is 0 Å². The van der Waals surface area contributed by atoms with Crippen molar-refractivity contribution in [3.63, 3.8) is 0 Å². The Morgan fingerprint density at radius 3 is 3.00 bits per heavy atom. The highest BCUT2D eigenvalue weighted by Gasteiger charge is 2.29. The zero-order chi connectivity index (χ0) is 21.1. The molecule has 0 saturated carbocycles. The van der Waals surface area contributed by atoms with Gasteiger partial charge in [0, 0.05) is 36.6 Å². The third-order valence-electron chi connectivity index (χ3n) is 4.98. The van der Waals surface area contributed by atoms with Crippen LogP contribution in [0.25, 0.3) is 11.6 Å². The van der Waals surface area contributed by atoms with Gasteiger partial charge in [-0.15, -0.1) is 0 Å². The molecule has 0 bridgehead atoms. The predicted octanol–water partition coefficient (Wildman–Crippen LogP) is 3.25. The minimum Gasteiger partial charge on any atom is -0.504 e. The molecule has 1 fully saturated rings. The van der Waals surface area contributed by atoms with Gasteiger partial charge < -0.3 is 19.0 Å². The smallest absolute Gasteiger partial charge is 0.347 e. The Morgan fingerprint density at radius 2 is 2.23 bits per heavy atom. The van der Waals surface area contributed by atoms with E-state index in [1.54, 1.807) is 25.4 Å². The van der Waals surface area contributed by atoms with Crippen molar-refractivity contribution in [1.29, 1.82) is 0 Å². The summed E-state index contributed by atoms with van der Waals surface area (Å²) in [5, 5.41) is 12.7. The number of aliphatic imine (C=N–C) groups is 1. The number of carbonyl (C=O) groups is 1. The number of ether oxygens (including phenoxy) is 2. The molecule has 2 aliphatic heterocycles. The maximum absolute atomic E-state index is 12.8. The number of furan rings is 1. The summed E-state index contributed by atoms with van der Waals surface area (Å²) in [6.45, 7) is 6.06. The van der Waals surface area contributed by atoms with E-state index in [0.717, 1.165) is 11.1 Å². The van der Waals surface area contributed by atoms with Crippen molar-refractivity contribution in [1.82, 2.24) is 9.99 Å². The molecule has 1 saturated heterocycles. The highest BCUT2D eigenvalue weighted by Crippen LogP contribution is 2.38. The molecular weight excluding hydrogens is 388 g/mol. The summed E-state index contributed by atoms with van der Waals surface area (Å²) in [5.41, 5.74) is 4.59. The average Bonchev–Trinajstić information content (AvgIpc) is 3.30. The van der Waals surface area contributed by atoms with Gasteiger partial charge in [-0.25, -0.2) is 19.8 Å². The van der Waals surface area contributed by atoms with Crippen molar-refractivity contribution in [2.24, 2.45) is 4.99 Å². The topological polar surface area (TPSA) is 109 Å². The lowest BCUT2D eigenvalue weighted by Gasteiger charge is -2.27. The van der Waals surface area contributed by atoms with Crippen molar-refractivity contribution in [3.8, 4) is 5.75 Å². The van der Waals surface area contributed by atoms with Gasteiger partial charge in [0.25, 0.3) is 0 Å². The molecule has 0 spiro atoms. The van der Waals surface area contributed by atoms with E-state index in [0.29, 0.717) is 38.5 Å². The number of aromatic hydroxyl groups is 1. The van der Waals surface area contributed by atoms with E-state index in [-0.39, 0.29) is 29.1 Å². The number of nitrogens with one attached hydrogen (secondary N) is 1. The van der Waals surface area contributed by atoms with Crippen LogP contribution in [0.4, 0.5) is 11.7 Å². The largest absolute Gasteiger partial charge is 0.504 e. The number of aromatic nitrogens is 1. The molecule has 2 N–H and O–H groups in total. The van der Waals surface area contributed by atoms with E-state index in [1.165, 1.54) is 0 Å². The quantitative estimate of drug-likeness (QED) is 0.696. The number of nitrogens with zero attached hydrogens (tertiary/aromatic N) is 3. The monoisotopic (exact) mass is 412 g/mol. The second-order valence-corrected chi connectivity index (χ2v) is 7.09. The van der Waals surface area contributed by atoms with Crippen LogP contribution >= 0.6 is 0 Å². The fourth-order valence-electron chi connectivity index (χ4n) is 3.13. The third-order valence-corrected chi connectivity index (χ3v) is 4.98. The van der Waals surface area contributed by atoms with Crippen molar-refractivity contribution in [3.05, 3.63) is 35.2 Å². The molecule has 2 aromatic rings. The number of hydrogen-bond acceptors (Lipinski definition) is 9. The third kappa shape index (κ3) is 4.07. The number of hydrogen-bond donors (Lipinski definition) is 2. The maximum atomic E-state index is 12.8. The summed E-state index contributed by atoms with van der Waals surface area (Å²) in [7, 11) is 0. The molecule has 0 aromatic carbocycles. The number of esters is 1. The Labute approximate surface area is 174 Å². The number of allylic oxidation sites excluding steroid dienone is 1. The lowest BCUT2D eigenvalue weighted by Crippen LogP contribution is -2.40. The number of morpholine rings is 1. The number of fused-ring (bicyclic) bond motifs is 1. The van der Waals surface area contributed by atoms with Crippen LogP contribution in [0.1, 0.15) is 41.9 Å². The van der Waals surface area contributed by atoms with Crippen molar-refractivity contribution in [2.45, 2.75) is 26.4 Å². The molecule has 0 aliphatic carbocycles. The van der Waals surface area contributed by atoms with Gasteiger partial charge in [0.2, 0.25) is 5.88 Å². The SMILES string of the molecule is CC[C@H](C)OC(=O)c1c(NN2CCOCC2)oc(C=C2C=Nc3ncccc32)c1O. The van der Waals surface area contributed by atoms with Gasteiger partial charge in [0.15, 0.2) is 22.9 Å².